The molecule has 0 aliphatic carbocycles. The SMILES string of the molecule is Cc1ccc(Br)c([C@@H](N)C2CCOCC2)c1O. The molecule has 1 heterocycles. The summed E-state index contributed by atoms with van der Waals surface area (Å²) in [6.45, 7) is 3.42. The van der Waals surface area contributed by atoms with Crippen molar-refractivity contribution in [2.75, 3.05) is 13.2 Å². The first kappa shape index (κ1) is 12.9. The predicted octanol–water partition coefficient (Wildman–Crippen LogP) is 2.89. The van der Waals surface area contributed by atoms with Crippen molar-refractivity contribution in [3.05, 3.63) is 27.7 Å². The van der Waals surface area contributed by atoms with E-state index >= 15 is 0 Å². The van der Waals surface area contributed by atoms with Crippen LogP contribution in [0, 0.1) is 12.8 Å². The number of rotatable bonds is 2. The highest BCUT2D eigenvalue weighted by Crippen LogP contribution is 2.38. The number of phenolic OH excluding ortho intramolecular Hbond substituents is 1. The first-order valence-corrected chi connectivity index (χ1v) is 6.72. The van der Waals surface area contributed by atoms with Crippen LogP contribution in [0.15, 0.2) is 16.6 Å². The second kappa shape index (κ2) is 5.38. The highest BCUT2D eigenvalue weighted by atomic mass is 79.9. The van der Waals surface area contributed by atoms with Gasteiger partial charge in [-0.05, 0) is 37.3 Å². The van der Waals surface area contributed by atoms with Crippen LogP contribution in [-0.4, -0.2) is 18.3 Å². The van der Waals surface area contributed by atoms with Gasteiger partial charge in [0.2, 0.25) is 0 Å². The summed E-state index contributed by atoms with van der Waals surface area (Å²) in [6, 6.07) is 3.71. The molecule has 1 aromatic rings. The van der Waals surface area contributed by atoms with Crippen LogP contribution in [0.25, 0.3) is 0 Å². The molecule has 1 aliphatic rings. The van der Waals surface area contributed by atoms with Gasteiger partial charge < -0.3 is 15.6 Å². The average molecular weight is 300 g/mol. The lowest BCUT2D eigenvalue weighted by atomic mass is 9.87. The molecule has 1 atom stereocenters. The van der Waals surface area contributed by atoms with Crippen LogP contribution in [0.3, 0.4) is 0 Å². The van der Waals surface area contributed by atoms with Gasteiger partial charge in [0.15, 0.2) is 0 Å². The van der Waals surface area contributed by atoms with E-state index in [1.165, 1.54) is 0 Å². The molecule has 0 bridgehead atoms. The van der Waals surface area contributed by atoms with Crippen LogP contribution < -0.4 is 5.73 Å². The van der Waals surface area contributed by atoms with Crippen LogP contribution in [-0.2, 0) is 4.74 Å². The van der Waals surface area contributed by atoms with E-state index in [1.54, 1.807) is 0 Å². The maximum atomic E-state index is 10.1. The molecule has 0 spiro atoms. The number of ether oxygens (including phenoxy) is 1. The number of phenols is 1. The molecular formula is C13H18BrNO2. The van der Waals surface area contributed by atoms with Gasteiger partial charge in [0.1, 0.15) is 5.75 Å². The Balaban J connectivity index is 2.29. The molecule has 4 heteroatoms. The largest absolute Gasteiger partial charge is 0.507 e. The summed E-state index contributed by atoms with van der Waals surface area (Å²) >= 11 is 3.48. The Hall–Kier alpha value is -0.580. The Kier molecular flexibility index (Phi) is 4.07. The highest BCUT2D eigenvalue weighted by Gasteiger charge is 2.26. The average Bonchev–Trinajstić information content (AvgIpc) is 2.35. The Bertz CT molecular complexity index is 403. The van der Waals surface area contributed by atoms with Gasteiger partial charge in [0.25, 0.3) is 0 Å². The van der Waals surface area contributed by atoms with Crippen molar-refractivity contribution in [3.63, 3.8) is 0 Å². The van der Waals surface area contributed by atoms with Crippen molar-refractivity contribution in [1.82, 2.24) is 0 Å². The van der Waals surface area contributed by atoms with Crippen LogP contribution in [0.4, 0.5) is 0 Å². The third kappa shape index (κ3) is 2.64. The minimum Gasteiger partial charge on any atom is -0.507 e. The quantitative estimate of drug-likeness (QED) is 0.883. The lowest BCUT2D eigenvalue weighted by Crippen LogP contribution is -2.27. The minimum atomic E-state index is -0.131. The van der Waals surface area contributed by atoms with Crippen LogP contribution in [0.2, 0.25) is 0 Å². The minimum absolute atomic E-state index is 0.131. The lowest BCUT2D eigenvalue weighted by molar-refractivity contribution is 0.0580. The van der Waals surface area contributed by atoms with Crippen molar-refractivity contribution < 1.29 is 9.84 Å². The number of halogens is 1. The number of hydrogen-bond donors (Lipinski definition) is 2. The van der Waals surface area contributed by atoms with Gasteiger partial charge in [-0.15, -0.1) is 0 Å². The fourth-order valence-corrected chi connectivity index (χ4v) is 2.90. The summed E-state index contributed by atoms with van der Waals surface area (Å²) in [5.41, 5.74) is 7.99. The molecule has 1 saturated heterocycles. The molecule has 1 aromatic carbocycles. The van der Waals surface area contributed by atoms with E-state index in [2.05, 4.69) is 15.9 Å². The third-order valence-electron chi connectivity index (χ3n) is 3.47. The number of aryl methyl sites for hydroxylation is 1. The van der Waals surface area contributed by atoms with Gasteiger partial charge in [0, 0.05) is 29.3 Å². The lowest BCUT2D eigenvalue weighted by Gasteiger charge is -2.29. The fourth-order valence-electron chi connectivity index (χ4n) is 2.32. The van der Waals surface area contributed by atoms with Crippen LogP contribution in [0.5, 0.6) is 5.75 Å². The molecule has 3 nitrogen and oxygen atoms in total. The van der Waals surface area contributed by atoms with E-state index < -0.39 is 0 Å². The smallest absolute Gasteiger partial charge is 0.124 e. The Morgan fingerprint density at radius 2 is 2.06 bits per heavy atom. The molecule has 0 amide bonds. The normalized spacial score (nSPS) is 19.2. The molecule has 0 radical (unpaired) electrons. The molecule has 3 N–H and O–H groups in total. The summed E-state index contributed by atoms with van der Waals surface area (Å²) in [7, 11) is 0. The van der Waals surface area contributed by atoms with E-state index in [0.717, 1.165) is 41.7 Å². The molecular weight excluding hydrogens is 282 g/mol. The number of nitrogens with two attached hydrogens (primary N) is 1. The van der Waals surface area contributed by atoms with E-state index in [4.69, 9.17) is 10.5 Å². The Morgan fingerprint density at radius 3 is 2.71 bits per heavy atom. The van der Waals surface area contributed by atoms with E-state index in [1.807, 2.05) is 19.1 Å². The fraction of sp³-hybridized carbons (Fsp3) is 0.538. The predicted molar refractivity (Wildman–Crippen MR) is 71.0 cm³/mol. The van der Waals surface area contributed by atoms with Crippen molar-refractivity contribution >= 4 is 15.9 Å². The molecule has 0 unspecified atom stereocenters. The zero-order chi connectivity index (χ0) is 12.4. The van der Waals surface area contributed by atoms with Gasteiger partial charge in [-0.1, -0.05) is 22.0 Å². The van der Waals surface area contributed by atoms with Crippen molar-refractivity contribution in [2.45, 2.75) is 25.8 Å². The second-order valence-corrected chi connectivity index (χ2v) is 5.46. The standard InChI is InChI=1S/C13H18BrNO2/c1-8-2-3-10(14)11(13(8)16)12(15)9-4-6-17-7-5-9/h2-3,9,12,16H,4-7,15H2,1H3/t12-/m0/s1. The summed E-state index contributed by atoms with van der Waals surface area (Å²) in [4.78, 5) is 0. The molecule has 0 aromatic heterocycles. The van der Waals surface area contributed by atoms with Gasteiger partial charge in [-0.25, -0.2) is 0 Å². The summed E-state index contributed by atoms with van der Waals surface area (Å²) in [6.07, 6.45) is 1.92. The molecule has 0 saturated carbocycles. The monoisotopic (exact) mass is 299 g/mol. The molecule has 94 valence electrons. The van der Waals surface area contributed by atoms with E-state index in [0.29, 0.717) is 11.7 Å². The van der Waals surface area contributed by atoms with Gasteiger partial charge in [-0.3, -0.25) is 0 Å². The van der Waals surface area contributed by atoms with Crippen molar-refractivity contribution in [3.8, 4) is 5.75 Å². The first-order valence-electron chi connectivity index (χ1n) is 5.92. The Morgan fingerprint density at radius 1 is 1.41 bits per heavy atom. The zero-order valence-corrected chi connectivity index (χ0v) is 11.5. The van der Waals surface area contributed by atoms with Gasteiger partial charge in [0.05, 0.1) is 0 Å². The van der Waals surface area contributed by atoms with Gasteiger partial charge in [-0.2, -0.15) is 0 Å². The summed E-state index contributed by atoms with van der Waals surface area (Å²) < 4.78 is 6.23. The van der Waals surface area contributed by atoms with Crippen LogP contribution >= 0.6 is 15.9 Å². The molecule has 1 fully saturated rings. The topological polar surface area (TPSA) is 55.5 Å². The van der Waals surface area contributed by atoms with E-state index in [-0.39, 0.29) is 6.04 Å². The summed E-state index contributed by atoms with van der Waals surface area (Å²) in [5, 5.41) is 10.1. The number of benzene rings is 1. The highest BCUT2D eigenvalue weighted by molar-refractivity contribution is 9.10. The molecule has 1 aliphatic heterocycles. The maximum absolute atomic E-state index is 10.1. The zero-order valence-electron chi connectivity index (χ0n) is 9.95. The Labute approximate surface area is 110 Å². The molecule has 17 heavy (non-hydrogen) atoms. The number of hydrogen-bond acceptors (Lipinski definition) is 3. The van der Waals surface area contributed by atoms with Crippen molar-refractivity contribution in [2.24, 2.45) is 11.7 Å². The van der Waals surface area contributed by atoms with Crippen molar-refractivity contribution in [1.29, 1.82) is 0 Å². The third-order valence-corrected chi connectivity index (χ3v) is 4.16. The first-order chi connectivity index (χ1) is 8.11. The number of aromatic hydroxyl groups is 1. The van der Waals surface area contributed by atoms with Crippen LogP contribution in [0.1, 0.15) is 30.0 Å². The maximum Gasteiger partial charge on any atom is 0.124 e. The molecule has 2 rings (SSSR count). The second-order valence-electron chi connectivity index (χ2n) is 4.60. The van der Waals surface area contributed by atoms with Gasteiger partial charge >= 0.3 is 0 Å². The van der Waals surface area contributed by atoms with E-state index in [9.17, 15) is 5.11 Å². The summed E-state index contributed by atoms with van der Waals surface area (Å²) in [5.74, 6) is 0.700.